The van der Waals surface area contributed by atoms with Crippen LogP contribution in [0.1, 0.15) is 35.6 Å². The molecule has 1 aliphatic rings. The Bertz CT molecular complexity index is 1090. The van der Waals surface area contributed by atoms with E-state index in [9.17, 15) is 13.2 Å². The molecule has 27 heavy (non-hydrogen) atoms. The highest BCUT2D eigenvalue weighted by Crippen LogP contribution is 2.30. The molecule has 4 rings (SSSR count). The van der Waals surface area contributed by atoms with Gasteiger partial charge in [-0.15, -0.1) is 0 Å². The van der Waals surface area contributed by atoms with Crippen LogP contribution in [0.3, 0.4) is 0 Å². The summed E-state index contributed by atoms with van der Waals surface area (Å²) in [4.78, 5) is 23.1. The molecule has 1 amide bonds. The first-order valence-corrected chi connectivity index (χ1v) is 10.5. The number of oxazole rings is 1. The molecule has 1 atom stereocenters. The Labute approximate surface area is 156 Å². The number of hydrogen-bond donors (Lipinski definition) is 0. The predicted molar refractivity (Wildman–Crippen MR) is 99.2 cm³/mol. The summed E-state index contributed by atoms with van der Waals surface area (Å²) in [5.41, 5.74) is 1.49. The molecule has 0 bridgehead atoms. The fraction of sp³-hybridized carbons (Fsp3) is 0.316. The lowest BCUT2D eigenvalue weighted by Gasteiger charge is -2.15. The van der Waals surface area contributed by atoms with E-state index < -0.39 is 9.84 Å². The summed E-state index contributed by atoms with van der Waals surface area (Å²) >= 11 is 0. The number of carbonyl (C=O) groups excluding carboxylic acids is 1. The second-order valence-corrected chi connectivity index (χ2v) is 8.82. The lowest BCUT2D eigenvalue weighted by atomic mass is 10.1. The Balaban J connectivity index is 1.56. The molecule has 0 saturated carbocycles. The highest BCUT2D eigenvalue weighted by Gasteiger charge is 2.31. The molecule has 1 aliphatic heterocycles. The molecule has 3 aromatic rings. The van der Waals surface area contributed by atoms with Crippen molar-refractivity contribution in [2.45, 2.75) is 24.2 Å². The maximum absolute atomic E-state index is 12.5. The van der Waals surface area contributed by atoms with Gasteiger partial charge in [-0.3, -0.25) is 9.78 Å². The van der Waals surface area contributed by atoms with E-state index in [0.29, 0.717) is 35.8 Å². The van der Waals surface area contributed by atoms with Crippen LogP contribution in [0.2, 0.25) is 0 Å². The topological polar surface area (TPSA) is 93.4 Å². The van der Waals surface area contributed by atoms with Gasteiger partial charge in [0.1, 0.15) is 11.2 Å². The molecule has 0 spiro atoms. The van der Waals surface area contributed by atoms with Crippen molar-refractivity contribution in [2.75, 3.05) is 18.8 Å². The van der Waals surface area contributed by atoms with Gasteiger partial charge in [0, 0.05) is 19.3 Å². The summed E-state index contributed by atoms with van der Waals surface area (Å²) in [6, 6.07) is 9.99. The predicted octanol–water partition coefficient (Wildman–Crippen LogP) is 2.65. The maximum Gasteiger partial charge on any atom is 0.272 e. The summed E-state index contributed by atoms with van der Waals surface area (Å²) in [6.07, 6.45) is 2.34. The van der Waals surface area contributed by atoms with E-state index in [1.807, 2.05) is 0 Å². The van der Waals surface area contributed by atoms with Crippen molar-refractivity contribution < 1.29 is 17.6 Å². The van der Waals surface area contributed by atoms with E-state index in [1.165, 1.54) is 0 Å². The van der Waals surface area contributed by atoms with Crippen LogP contribution in [0.4, 0.5) is 0 Å². The van der Waals surface area contributed by atoms with Crippen LogP contribution in [0.25, 0.3) is 11.1 Å². The minimum atomic E-state index is -3.29. The highest BCUT2D eigenvalue weighted by atomic mass is 32.2. The second-order valence-electron chi connectivity index (χ2n) is 6.54. The molecule has 140 valence electrons. The largest absolute Gasteiger partial charge is 0.440 e. The standard InChI is InChI=1S/C19H19N3O4S/c1-2-27(24,25)14-6-7-17-16(11-14)21-18(26-17)13-8-10-22(12-13)19(23)15-5-3-4-9-20-15/h3-7,9,11,13H,2,8,10,12H2,1H3. The van der Waals surface area contributed by atoms with Crippen molar-refractivity contribution in [3.05, 3.63) is 54.2 Å². The van der Waals surface area contributed by atoms with Gasteiger partial charge in [-0.25, -0.2) is 13.4 Å². The number of nitrogens with zero attached hydrogens (tertiary/aromatic N) is 3. The van der Waals surface area contributed by atoms with Crippen LogP contribution in [0.5, 0.6) is 0 Å². The molecule has 0 aliphatic carbocycles. The van der Waals surface area contributed by atoms with Crippen molar-refractivity contribution in [3.8, 4) is 0 Å². The number of rotatable bonds is 4. The fourth-order valence-corrected chi connectivity index (χ4v) is 4.16. The van der Waals surface area contributed by atoms with Crippen LogP contribution in [-0.2, 0) is 9.84 Å². The molecule has 1 fully saturated rings. The third-order valence-corrected chi connectivity index (χ3v) is 6.56. The molecule has 3 heterocycles. The Hall–Kier alpha value is -2.74. The van der Waals surface area contributed by atoms with Crippen molar-refractivity contribution >= 4 is 26.8 Å². The lowest BCUT2D eigenvalue weighted by molar-refractivity contribution is 0.0784. The first kappa shape index (κ1) is 17.7. The van der Waals surface area contributed by atoms with Gasteiger partial charge in [0.15, 0.2) is 21.3 Å². The van der Waals surface area contributed by atoms with E-state index in [-0.39, 0.29) is 22.5 Å². The zero-order chi connectivity index (χ0) is 19.0. The van der Waals surface area contributed by atoms with Gasteiger partial charge in [-0.05, 0) is 36.8 Å². The third kappa shape index (κ3) is 3.32. The molecular formula is C19H19N3O4S. The van der Waals surface area contributed by atoms with E-state index >= 15 is 0 Å². The van der Waals surface area contributed by atoms with Crippen LogP contribution in [-0.4, -0.2) is 48.0 Å². The monoisotopic (exact) mass is 385 g/mol. The Morgan fingerprint density at radius 3 is 2.89 bits per heavy atom. The lowest BCUT2D eigenvalue weighted by Crippen LogP contribution is -2.29. The molecule has 1 saturated heterocycles. The Morgan fingerprint density at radius 2 is 2.15 bits per heavy atom. The molecule has 2 aromatic heterocycles. The van der Waals surface area contributed by atoms with E-state index in [1.54, 1.807) is 54.4 Å². The zero-order valence-electron chi connectivity index (χ0n) is 14.8. The number of carbonyl (C=O) groups is 1. The SMILES string of the molecule is CCS(=O)(=O)c1ccc2oc(C3CCN(C(=O)c4ccccn4)C3)nc2c1. The van der Waals surface area contributed by atoms with E-state index in [2.05, 4.69) is 9.97 Å². The number of pyridine rings is 1. The number of sulfone groups is 1. The Morgan fingerprint density at radius 1 is 1.30 bits per heavy atom. The van der Waals surface area contributed by atoms with Crippen molar-refractivity contribution in [1.82, 2.24) is 14.9 Å². The summed E-state index contributed by atoms with van der Waals surface area (Å²) in [5.74, 6) is 0.449. The fourth-order valence-electron chi connectivity index (χ4n) is 3.26. The summed E-state index contributed by atoms with van der Waals surface area (Å²) in [6.45, 7) is 2.72. The van der Waals surface area contributed by atoms with Crippen molar-refractivity contribution in [3.63, 3.8) is 0 Å². The maximum atomic E-state index is 12.5. The van der Waals surface area contributed by atoms with Gasteiger partial charge >= 0.3 is 0 Å². The summed E-state index contributed by atoms with van der Waals surface area (Å²) < 4.78 is 29.9. The average molecular weight is 385 g/mol. The quantitative estimate of drug-likeness (QED) is 0.685. The molecule has 1 aromatic carbocycles. The summed E-state index contributed by atoms with van der Waals surface area (Å²) in [5, 5.41) is 0. The number of fused-ring (bicyclic) bond motifs is 1. The minimum absolute atomic E-state index is 0.0173. The number of benzene rings is 1. The van der Waals surface area contributed by atoms with E-state index in [0.717, 1.165) is 6.42 Å². The smallest absolute Gasteiger partial charge is 0.272 e. The zero-order valence-corrected chi connectivity index (χ0v) is 15.6. The van der Waals surface area contributed by atoms with Gasteiger partial charge < -0.3 is 9.32 Å². The van der Waals surface area contributed by atoms with Crippen LogP contribution < -0.4 is 0 Å². The van der Waals surface area contributed by atoms with Crippen molar-refractivity contribution in [2.24, 2.45) is 0 Å². The first-order chi connectivity index (χ1) is 13.0. The number of amides is 1. The van der Waals surface area contributed by atoms with Gasteiger partial charge in [-0.1, -0.05) is 13.0 Å². The molecule has 0 N–H and O–H groups in total. The second kappa shape index (κ2) is 6.77. The average Bonchev–Trinajstić information content (AvgIpc) is 3.34. The Kier molecular flexibility index (Phi) is 4.43. The molecule has 0 radical (unpaired) electrons. The van der Waals surface area contributed by atoms with Gasteiger partial charge in [0.05, 0.1) is 16.6 Å². The molecule has 7 nitrogen and oxygen atoms in total. The van der Waals surface area contributed by atoms with Gasteiger partial charge in [0.25, 0.3) is 5.91 Å². The highest BCUT2D eigenvalue weighted by molar-refractivity contribution is 7.91. The normalized spacial score (nSPS) is 17.5. The van der Waals surface area contributed by atoms with Crippen molar-refractivity contribution in [1.29, 1.82) is 0 Å². The number of likely N-dealkylation sites (tertiary alicyclic amines) is 1. The van der Waals surface area contributed by atoms with Gasteiger partial charge in [-0.2, -0.15) is 0 Å². The van der Waals surface area contributed by atoms with Gasteiger partial charge in [0.2, 0.25) is 0 Å². The third-order valence-electron chi connectivity index (χ3n) is 4.82. The van der Waals surface area contributed by atoms with E-state index in [4.69, 9.17) is 4.42 Å². The van der Waals surface area contributed by atoms with Crippen LogP contribution in [0.15, 0.2) is 51.9 Å². The first-order valence-electron chi connectivity index (χ1n) is 8.81. The van der Waals surface area contributed by atoms with Crippen LogP contribution in [0, 0.1) is 0 Å². The summed E-state index contributed by atoms with van der Waals surface area (Å²) in [7, 11) is -3.29. The number of aromatic nitrogens is 2. The molecule has 1 unspecified atom stereocenters. The minimum Gasteiger partial charge on any atom is -0.440 e. The molecular weight excluding hydrogens is 366 g/mol. The molecule has 8 heteroatoms. The number of hydrogen-bond acceptors (Lipinski definition) is 6. The van der Waals surface area contributed by atoms with Crippen LogP contribution >= 0.6 is 0 Å².